The van der Waals surface area contributed by atoms with Gasteiger partial charge in [0, 0.05) is 76.0 Å². The molecule has 0 bridgehead atoms. The van der Waals surface area contributed by atoms with Crippen molar-refractivity contribution in [2.75, 3.05) is 62.3 Å². The number of aromatic hydroxyl groups is 1. The molecule has 0 aromatic heterocycles. The van der Waals surface area contributed by atoms with E-state index in [4.69, 9.17) is 9.47 Å². The van der Waals surface area contributed by atoms with Crippen molar-refractivity contribution in [1.29, 1.82) is 0 Å². The van der Waals surface area contributed by atoms with Gasteiger partial charge in [-0.1, -0.05) is 60.7 Å². The summed E-state index contributed by atoms with van der Waals surface area (Å²) in [5.41, 5.74) is 4.96. The van der Waals surface area contributed by atoms with Crippen molar-refractivity contribution in [1.82, 2.24) is 15.1 Å². The summed E-state index contributed by atoms with van der Waals surface area (Å²) in [5.74, 6) is 0.666. The number of likely N-dealkylation sites (tertiary alicyclic amines) is 1. The molecule has 14 nitrogen and oxygen atoms in total. The molecule has 14 heteroatoms. The molecule has 4 aromatic carbocycles. The van der Waals surface area contributed by atoms with Crippen LogP contribution in [-0.2, 0) is 25.7 Å². The topological polar surface area (TPSA) is 182 Å². The van der Waals surface area contributed by atoms with Crippen LogP contribution in [0.15, 0.2) is 91.0 Å². The van der Waals surface area contributed by atoms with Crippen LogP contribution >= 0.6 is 0 Å². The first kappa shape index (κ1) is 42.2. The fourth-order valence-corrected chi connectivity index (χ4v) is 8.41. The standard InChI is InChI=1S/C46H54N6O8/c1-51(43(57)20-22-52-27-32-23-35(24-33(32)28-52)60-46(58)49-38-12-6-5-11-36(38)31-9-3-2-4-10-31)21-8-7-13-41(55)48-34-16-14-30(15-17-34)25-47-26-40(54)37-18-19-39(53)44-45(37)59-29-42(56)50-44/h2-6,9-12,14-19,32-33,35,40,47,53-54H,7-8,13,20-29H2,1H3,(H,48,55)(H,49,58)(H,50,56)/t32?,33?,35?,40-/m0/s1. The molecule has 1 saturated heterocycles. The summed E-state index contributed by atoms with van der Waals surface area (Å²) < 4.78 is 11.3. The largest absolute Gasteiger partial charge is 0.506 e. The number of aliphatic hydroxyl groups is 1. The molecule has 2 heterocycles. The number of benzene rings is 4. The molecule has 0 radical (unpaired) electrons. The summed E-state index contributed by atoms with van der Waals surface area (Å²) >= 11 is 0. The summed E-state index contributed by atoms with van der Waals surface area (Å²) in [6.07, 6.45) is 2.36. The SMILES string of the molecule is CN(CCCCC(=O)Nc1ccc(CNC[C@H](O)c2ccc(O)c3c2OCC(=O)N3)cc1)C(=O)CCN1CC2CC(OC(=O)Nc3ccccc3-c3ccccc3)CC2C1. The van der Waals surface area contributed by atoms with Gasteiger partial charge in [0.25, 0.3) is 5.91 Å². The van der Waals surface area contributed by atoms with Crippen molar-refractivity contribution in [2.45, 2.75) is 57.3 Å². The van der Waals surface area contributed by atoms with Crippen molar-refractivity contribution in [3.63, 3.8) is 0 Å². The van der Waals surface area contributed by atoms with Crippen molar-refractivity contribution in [3.8, 4) is 22.6 Å². The maximum atomic E-state index is 12.9. The van der Waals surface area contributed by atoms with E-state index in [0.29, 0.717) is 62.0 Å². The van der Waals surface area contributed by atoms with E-state index in [9.17, 15) is 29.4 Å². The van der Waals surface area contributed by atoms with Crippen molar-refractivity contribution >= 4 is 40.9 Å². The number of unbranched alkanes of at least 4 members (excludes halogenated alkanes) is 1. The Balaban J connectivity index is 0.734. The minimum atomic E-state index is -0.934. The van der Waals surface area contributed by atoms with Crippen LogP contribution in [0.5, 0.6) is 11.5 Å². The molecule has 2 aliphatic heterocycles. The van der Waals surface area contributed by atoms with E-state index in [-0.39, 0.29) is 54.2 Å². The summed E-state index contributed by atoms with van der Waals surface area (Å²) in [6, 6.07) is 28.1. The van der Waals surface area contributed by atoms with Crippen LogP contribution in [0.3, 0.4) is 0 Å². The molecule has 316 valence electrons. The van der Waals surface area contributed by atoms with Gasteiger partial charge in [-0.15, -0.1) is 0 Å². The van der Waals surface area contributed by atoms with Gasteiger partial charge < -0.3 is 45.4 Å². The summed E-state index contributed by atoms with van der Waals surface area (Å²) in [6.45, 7) is 3.59. The van der Waals surface area contributed by atoms with E-state index in [1.165, 1.54) is 6.07 Å². The highest BCUT2D eigenvalue weighted by Crippen LogP contribution is 2.42. The lowest BCUT2D eigenvalue weighted by Crippen LogP contribution is -2.33. The van der Waals surface area contributed by atoms with Gasteiger partial charge in [0.05, 0.1) is 11.8 Å². The highest BCUT2D eigenvalue weighted by molar-refractivity contribution is 5.97. The molecule has 2 unspecified atom stereocenters. The number of carbonyl (C=O) groups excluding carboxylic acids is 4. The molecular weight excluding hydrogens is 765 g/mol. The quantitative estimate of drug-likeness (QED) is 0.0536. The second-order valence-electron chi connectivity index (χ2n) is 15.9. The number of para-hydroxylation sites is 1. The second-order valence-corrected chi connectivity index (χ2v) is 15.9. The molecule has 2 fully saturated rings. The van der Waals surface area contributed by atoms with Gasteiger partial charge in [-0.3, -0.25) is 19.7 Å². The molecule has 0 spiro atoms. The third-order valence-electron chi connectivity index (χ3n) is 11.6. The maximum absolute atomic E-state index is 12.9. The van der Waals surface area contributed by atoms with Crippen molar-refractivity contribution in [3.05, 3.63) is 102 Å². The summed E-state index contributed by atoms with van der Waals surface area (Å²) in [7, 11) is 1.82. The molecule has 60 heavy (non-hydrogen) atoms. The van der Waals surface area contributed by atoms with E-state index >= 15 is 0 Å². The number of nitrogens with zero attached hydrogens (tertiary/aromatic N) is 2. The molecule has 1 aliphatic carbocycles. The molecule has 6 N–H and O–H groups in total. The fourth-order valence-electron chi connectivity index (χ4n) is 8.41. The number of hydrogen-bond donors (Lipinski definition) is 6. The summed E-state index contributed by atoms with van der Waals surface area (Å²) in [4.78, 5) is 54.2. The molecule has 1 saturated carbocycles. The predicted octanol–water partition coefficient (Wildman–Crippen LogP) is 6.13. The van der Waals surface area contributed by atoms with Crippen molar-refractivity contribution in [2.24, 2.45) is 11.8 Å². The Labute approximate surface area is 350 Å². The van der Waals surface area contributed by atoms with Gasteiger partial charge in [-0.05, 0) is 79.0 Å². The number of nitrogens with one attached hydrogen (secondary N) is 4. The minimum Gasteiger partial charge on any atom is -0.506 e. The second kappa shape index (κ2) is 19.9. The number of anilines is 3. The third kappa shape index (κ3) is 11.0. The number of rotatable bonds is 17. The smallest absolute Gasteiger partial charge is 0.411 e. The number of fused-ring (bicyclic) bond motifs is 2. The Morgan fingerprint density at radius 2 is 1.65 bits per heavy atom. The van der Waals surface area contributed by atoms with Gasteiger partial charge in [-0.2, -0.15) is 0 Å². The molecule has 4 amide bonds. The van der Waals surface area contributed by atoms with Crippen LogP contribution in [0.4, 0.5) is 21.9 Å². The number of aliphatic hydroxyl groups excluding tert-OH is 1. The molecule has 3 atom stereocenters. The zero-order chi connectivity index (χ0) is 42.0. The van der Waals surface area contributed by atoms with Gasteiger partial charge >= 0.3 is 6.09 Å². The number of hydrogen-bond acceptors (Lipinski definition) is 10. The van der Waals surface area contributed by atoms with Crippen LogP contribution in [0.25, 0.3) is 11.1 Å². The minimum absolute atomic E-state index is 0.0881. The third-order valence-corrected chi connectivity index (χ3v) is 11.6. The van der Waals surface area contributed by atoms with E-state index in [2.05, 4.69) is 26.2 Å². The normalized spacial score (nSPS) is 18.7. The number of carbonyl (C=O) groups is 4. The highest BCUT2D eigenvalue weighted by atomic mass is 16.6. The highest BCUT2D eigenvalue weighted by Gasteiger charge is 2.42. The summed E-state index contributed by atoms with van der Waals surface area (Å²) in [5, 5.41) is 32.5. The number of amides is 4. The van der Waals surface area contributed by atoms with Gasteiger partial charge in [0.15, 0.2) is 12.4 Å². The van der Waals surface area contributed by atoms with Crippen LogP contribution in [0, 0.1) is 11.8 Å². The van der Waals surface area contributed by atoms with Crippen LogP contribution in [-0.4, -0.2) is 96.3 Å². The van der Waals surface area contributed by atoms with Crippen LogP contribution in [0.1, 0.15) is 55.8 Å². The Morgan fingerprint density at radius 1 is 0.917 bits per heavy atom. The molecule has 7 rings (SSSR count). The van der Waals surface area contributed by atoms with Gasteiger partial charge in [0.1, 0.15) is 17.5 Å². The Kier molecular flexibility index (Phi) is 14.0. The fraction of sp³-hybridized carbons (Fsp3) is 0.391. The molecular formula is C46H54N6O8. The number of phenols is 1. The maximum Gasteiger partial charge on any atom is 0.411 e. The first-order chi connectivity index (χ1) is 29.1. The average Bonchev–Trinajstić information content (AvgIpc) is 3.81. The zero-order valence-corrected chi connectivity index (χ0v) is 33.9. The Hall–Kier alpha value is -5.96. The van der Waals surface area contributed by atoms with E-state index in [1.54, 1.807) is 11.0 Å². The number of ether oxygens (including phenoxy) is 2. The lowest BCUT2D eigenvalue weighted by molar-refractivity contribution is -0.130. The van der Waals surface area contributed by atoms with Crippen LogP contribution in [0.2, 0.25) is 0 Å². The average molecular weight is 819 g/mol. The Morgan fingerprint density at radius 3 is 2.42 bits per heavy atom. The van der Waals surface area contributed by atoms with E-state index < -0.39 is 12.2 Å². The van der Waals surface area contributed by atoms with Gasteiger partial charge in [-0.25, -0.2) is 4.79 Å². The first-order valence-corrected chi connectivity index (χ1v) is 20.7. The number of phenolic OH excluding ortho intramolecular Hbond substituents is 1. The monoisotopic (exact) mass is 818 g/mol. The van der Waals surface area contributed by atoms with Gasteiger partial charge in [0.2, 0.25) is 11.8 Å². The van der Waals surface area contributed by atoms with E-state index in [0.717, 1.165) is 54.7 Å². The lowest BCUT2D eigenvalue weighted by Gasteiger charge is -2.24. The van der Waals surface area contributed by atoms with E-state index in [1.807, 2.05) is 85.9 Å². The molecule has 3 aliphatic rings. The predicted molar refractivity (Wildman–Crippen MR) is 228 cm³/mol. The lowest BCUT2D eigenvalue weighted by atomic mass is 10.0. The Bertz CT molecular complexity index is 2120. The molecule has 4 aromatic rings. The van der Waals surface area contributed by atoms with Crippen LogP contribution < -0.4 is 26.0 Å². The van der Waals surface area contributed by atoms with Crippen molar-refractivity contribution < 1.29 is 38.9 Å². The first-order valence-electron chi connectivity index (χ1n) is 20.7. The zero-order valence-electron chi connectivity index (χ0n) is 33.9.